The highest BCUT2D eigenvalue weighted by Crippen LogP contribution is 2.51. The van der Waals surface area contributed by atoms with Crippen LogP contribution in [0.2, 0.25) is 0 Å². The summed E-state index contributed by atoms with van der Waals surface area (Å²) in [7, 11) is 1.57. The van der Waals surface area contributed by atoms with Crippen molar-refractivity contribution in [2.24, 2.45) is 7.05 Å². The summed E-state index contributed by atoms with van der Waals surface area (Å²) in [5.74, 6) is -0.264. The molecule has 0 radical (unpaired) electrons. The zero-order valence-corrected chi connectivity index (χ0v) is 25.4. The van der Waals surface area contributed by atoms with Crippen LogP contribution in [0.15, 0.2) is 46.7 Å². The number of nitrogens with zero attached hydrogens (tertiary/aromatic N) is 7. The Morgan fingerprint density at radius 2 is 1.82 bits per heavy atom. The van der Waals surface area contributed by atoms with Crippen LogP contribution < -0.4 is 10.6 Å². The van der Waals surface area contributed by atoms with Crippen molar-refractivity contribution in [1.82, 2.24) is 29.1 Å². The number of hydrogen-bond donors (Lipinski definition) is 0. The number of aryl methyl sites for hydroxylation is 1. The number of carbonyl (C=O) groups excluding carboxylic acids is 1. The fourth-order valence-electron chi connectivity index (χ4n) is 6.95. The van der Waals surface area contributed by atoms with E-state index < -0.39 is 23.2 Å². The Morgan fingerprint density at radius 3 is 2.51 bits per heavy atom. The quantitative estimate of drug-likeness (QED) is 0.231. The number of carbonyl (C=O) groups is 1. The van der Waals surface area contributed by atoms with Gasteiger partial charge in [-0.25, -0.2) is 9.18 Å². The van der Waals surface area contributed by atoms with Crippen molar-refractivity contribution >= 4 is 45.3 Å². The fourth-order valence-corrected chi connectivity index (χ4v) is 8.27. The molecule has 5 heterocycles. The first-order valence-electron chi connectivity index (χ1n) is 14.9. The number of anilines is 1. The number of halogens is 4. The van der Waals surface area contributed by atoms with Gasteiger partial charge in [0.05, 0.1) is 34.2 Å². The van der Waals surface area contributed by atoms with Crippen molar-refractivity contribution in [2.45, 2.75) is 30.0 Å². The molecule has 4 aromatic rings. The summed E-state index contributed by atoms with van der Waals surface area (Å²) < 4.78 is 63.1. The van der Waals surface area contributed by atoms with Crippen LogP contribution in [-0.4, -0.2) is 86.6 Å². The lowest BCUT2D eigenvalue weighted by Crippen LogP contribution is -2.49. The van der Waals surface area contributed by atoms with Crippen LogP contribution in [0.1, 0.15) is 24.4 Å². The molecular weight excluding hydrogens is 610 g/mol. The molecule has 236 valence electrons. The van der Waals surface area contributed by atoms with Gasteiger partial charge in [-0.2, -0.15) is 23.3 Å². The molecule has 14 heteroatoms. The van der Waals surface area contributed by atoms with E-state index in [1.165, 1.54) is 34.8 Å². The molecule has 2 aromatic carbocycles. The van der Waals surface area contributed by atoms with Crippen LogP contribution in [0.25, 0.3) is 32.9 Å². The number of thioether (sulfide) groups is 1. The lowest BCUT2D eigenvalue weighted by Gasteiger charge is -2.37. The van der Waals surface area contributed by atoms with E-state index >= 15 is 13.2 Å². The SMILES string of the molecule is C=CC(=O)N1CCN(c2nc(=O)n3c4c(c(-c5ccc(F)c6cnn(C)c56)c(C(F)(F)F)cc24)SCC3CN2CCCC2)CC1. The summed E-state index contributed by atoms with van der Waals surface area (Å²) in [6.07, 6.45) is -0.126. The number of likely N-dealkylation sites (tertiary alicyclic amines) is 1. The number of hydrogen-bond acceptors (Lipinski definition) is 7. The molecule has 3 aliphatic heterocycles. The number of fused-ring (bicyclic) bond motifs is 1. The summed E-state index contributed by atoms with van der Waals surface area (Å²) in [6.45, 7) is 7.14. The molecular formula is C31H31F4N7O2S. The third-order valence-corrected chi connectivity index (χ3v) is 10.3. The standard InChI is InChI=1S/C31H31F4N7O2S/c1-3-24(43)40-10-12-41(13-11-40)29-20-14-22(31(33,34)35)25(19-6-7-23(32)21-15-36-38(2)26(19)21)28-27(20)42(30(44)37-29)18(17-45-28)16-39-8-4-5-9-39/h3,6-7,14-15,18H,1,4-5,8-13,16-17H2,2H3. The highest BCUT2D eigenvalue weighted by Gasteiger charge is 2.40. The van der Waals surface area contributed by atoms with Crippen LogP contribution in [0.3, 0.4) is 0 Å². The maximum Gasteiger partial charge on any atom is 0.417 e. The van der Waals surface area contributed by atoms with Crippen molar-refractivity contribution in [3.8, 4) is 11.1 Å². The van der Waals surface area contributed by atoms with Gasteiger partial charge in [-0.05, 0) is 50.2 Å². The highest BCUT2D eigenvalue weighted by atomic mass is 32.2. The zero-order valence-electron chi connectivity index (χ0n) is 24.6. The van der Waals surface area contributed by atoms with Crippen molar-refractivity contribution in [3.05, 3.63) is 58.9 Å². The van der Waals surface area contributed by atoms with E-state index in [9.17, 15) is 14.0 Å². The van der Waals surface area contributed by atoms with Crippen molar-refractivity contribution < 1.29 is 22.4 Å². The van der Waals surface area contributed by atoms with Gasteiger partial charge in [-0.15, -0.1) is 11.8 Å². The molecule has 45 heavy (non-hydrogen) atoms. The highest BCUT2D eigenvalue weighted by molar-refractivity contribution is 7.99. The summed E-state index contributed by atoms with van der Waals surface area (Å²) in [4.78, 5) is 36.6. The fraction of sp³-hybridized carbons (Fsp3) is 0.419. The minimum absolute atomic E-state index is 0.0973. The molecule has 0 aliphatic carbocycles. The first-order valence-corrected chi connectivity index (χ1v) is 15.9. The number of piperazine rings is 1. The number of rotatable bonds is 5. The Morgan fingerprint density at radius 1 is 1.09 bits per heavy atom. The topological polar surface area (TPSA) is 79.5 Å². The molecule has 0 bridgehead atoms. The number of amides is 1. The maximum atomic E-state index is 15.1. The van der Waals surface area contributed by atoms with E-state index in [2.05, 4.69) is 21.6 Å². The Bertz CT molecular complexity index is 1910. The summed E-state index contributed by atoms with van der Waals surface area (Å²) in [6, 6.07) is 3.32. The smallest absolute Gasteiger partial charge is 0.352 e. The predicted molar refractivity (Wildman–Crippen MR) is 165 cm³/mol. The van der Waals surface area contributed by atoms with E-state index in [1.807, 2.05) is 0 Å². The molecule has 1 atom stereocenters. The molecule has 9 nitrogen and oxygen atoms in total. The molecule has 1 unspecified atom stereocenters. The van der Waals surface area contributed by atoms with Gasteiger partial charge in [0.25, 0.3) is 0 Å². The Labute approximate surface area is 260 Å². The first kappa shape index (κ1) is 29.8. The second-order valence-corrected chi connectivity index (χ2v) is 12.8. The van der Waals surface area contributed by atoms with Crippen molar-refractivity contribution in [3.63, 3.8) is 0 Å². The third-order valence-electron chi connectivity index (χ3n) is 9.09. The van der Waals surface area contributed by atoms with Crippen molar-refractivity contribution in [2.75, 3.05) is 56.5 Å². The van der Waals surface area contributed by atoms with Crippen molar-refractivity contribution in [1.29, 1.82) is 0 Å². The molecule has 1 amide bonds. The van der Waals surface area contributed by atoms with Gasteiger partial charge >= 0.3 is 11.9 Å². The average Bonchev–Trinajstić information content (AvgIpc) is 3.69. The molecule has 7 rings (SSSR count). The molecule has 2 saturated heterocycles. The molecule has 0 saturated carbocycles. The summed E-state index contributed by atoms with van der Waals surface area (Å²) in [5.41, 5.74) is -0.684. The normalized spacial score (nSPS) is 19.2. The molecule has 2 fully saturated rings. The Kier molecular flexibility index (Phi) is 7.39. The molecule has 0 N–H and O–H groups in total. The summed E-state index contributed by atoms with van der Waals surface area (Å²) >= 11 is 1.30. The third kappa shape index (κ3) is 4.98. The van der Waals surface area contributed by atoms with Crippen LogP contribution >= 0.6 is 11.8 Å². The van der Waals surface area contributed by atoms with E-state index in [0.29, 0.717) is 48.9 Å². The van der Waals surface area contributed by atoms with Gasteiger partial charge in [0.1, 0.15) is 11.6 Å². The van der Waals surface area contributed by atoms with Crippen LogP contribution in [-0.2, 0) is 18.0 Å². The molecule has 2 aromatic heterocycles. The van der Waals surface area contributed by atoms with E-state index in [-0.39, 0.29) is 45.2 Å². The van der Waals surface area contributed by atoms with E-state index in [4.69, 9.17) is 0 Å². The van der Waals surface area contributed by atoms with Gasteiger partial charge in [0.2, 0.25) is 5.91 Å². The van der Waals surface area contributed by atoms with Crippen LogP contribution in [0.4, 0.5) is 23.4 Å². The number of aromatic nitrogens is 4. The number of benzene rings is 2. The Hall–Kier alpha value is -3.91. The molecule has 0 spiro atoms. The monoisotopic (exact) mass is 641 g/mol. The second-order valence-electron chi connectivity index (χ2n) is 11.7. The van der Waals surface area contributed by atoms with Gasteiger partial charge in [-0.1, -0.05) is 6.58 Å². The average molecular weight is 642 g/mol. The minimum atomic E-state index is -4.78. The van der Waals surface area contributed by atoms with Gasteiger partial charge < -0.3 is 14.7 Å². The lowest BCUT2D eigenvalue weighted by atomic mass is 9.94. The largest absolute Gasteiger partial charge is 0.417 e. The lowest BCUT2D eigenvalue weighted by molar-refractivity contribution is -0.137. The Balaban J connectivity index is 1.50. The minimum Gasteiger partial charge on any atom is -0.352 e. The van der Waals surface area contributed by atoms with Gasteiger partial charge in [-0.3, -0.25) is 14.0 Å². The maximum absolute atomic E-state index is 15.1. The van der Waals surface area contributed by atoms with Gasteiger partial charge in [0.15, 0.2) is 0 Å². The summed E-state index contributed by atoms with van der Waals surface area (Å²) in [5, 5.41) is 4.49. The van der Waals surface area contributed by atoms with Crippen LogP contribution in [0.5, 0.6) is 0 Å². The second kappa shape index (κ2) is 11.2. The van der Waals surface area contributed by atoms with Gasteiger partial charge in [0, 0.05) is 66.9 Å². The molecule has 3 aliphatic rings. The predicted octanol–water partition coefficient (Wildman–Crippen LogP) is 4.69. The zero-order chi connectivity index (χ0) is 31.6. The first-order chi connectivity index (χ1) is 21.6. The number of alkyl halides is 3. The van der Waals surface area contributed by atoms with E-state index in [0.717, 1.165) is 38.1 Å². The van der Waals surface area contributed by atoms with Crippen LogP contribution in [0, 0.1) is 5.82 Å². The van der Waals surface area contributed by atoms with E-state index in [1.54, 1.807) is 21.4 Å².